The molecule has 0 radical (unpaired) electrons. The number of anilines is 1. The molecule has 4 rings (SSSR count). The summed E-state index contributed by atoms with van der Waals surface area (Å²) in [5, 5.41) is 0.747. The van der Waals surface area contributed by atoms with Crippen LogP contribution in [-0.2, 0) is 16.1 Å². The third-order valence-corrected chi connectivity index (χ3v) is 7.11. The number of carbonyl (C=O) groups is 2. The third kappa shape index (κ3) is 4.70. The molecule has 5 nitrogen and oxygen atoms in total. The standard InChI is InChI=1S/C26H31N3O2S/c1-18-9-8-12-21-22(18)27-25(32-21)29(17-19-10-6-5-7-11-19)23(30)20-13-15-28(16-14-20)24(31)26(2,3)4/h5-12,20H,13-17H2,1-4H3. The van der Waals surface area contributed by atoms with Gasteiger partial charge in [0, 0.05) is 24.4 Å². The second-order valence-electron chi connectivity index (χ2n) is 9.64. The van der Waals surface area contributed by atoms with E-state index in [0.29, 0.717) is 32.5 Å². The molecule has 1 saturated heterocycles. The molecule has 0 N–H and O–H groups in total. The highest BCUT2D eigenvalue weighted by Gasteiger charge is 2.35. The fourth-order valence-electron chi connectivity index (χ4n) is 4.22. The Bertz CT molecular complexity index is 1110. The number of amides is 2. The predicted molar refractivity (Wildman–Crippen MR) is 131 cm³/mol. The lowest BCUT2D eigenvalue weighted by Gasteiger charge is -2.36. The summed E-state index contributed by atoms with van der Waals surface area (Å²) in [6, 6.07) is 16.2. The van der Waals surface area contributed by atoms with Crippen LogP contribution in [0.15, 0.2) is 48.5 Å². The highest BCUT2D eigenvalue weighted by atomic mass is 32.1. The van der Waals surface area contributed by atoms with Crippen LogP contribution in [-0.4, -0.2) is 34.8 Å². The monoisotopic (exact) mass is 449 g/mol. The van der Waals surface area contributed by atoms with Gasteiger partial charge in [0.1, 0.15) is 0 Å². The largest absolute Gasteiger partial charge is 0.342 e. The molecule has 0 bridgehead atoms. The van der Waals surface area contributed by atoms with E-state index >= 15 is 0 Å². The van der Waals surface area contributed by atoms with Crippen molar-refractivity contribution in [1.82, 2.24) is 9.88 Å². The summed E-state index contributed by atoms with van der Waals surface area (Å²) in [5.74, 6) is 0.162. The highest BCUT2D eigenvalue weighted by Crippen LogP contribution is 2.34. The quantitative estimate of drug-likeness (QED) is 0.534. The van der Waals surface area contributed by atoms with Gasteiger partial charge in [0.2, 0.25) is 11.8 Å². The van der Waals surface area contributed by atoms with Gasteiger partial charge in [0.15, 0.2) is 5.13 Å². The molecule has 2 heterocycles. The van der Waals surface area contributed by atoms with Crippen molar-refractivity contribution in [1.29, 1.82) is 0 Å². The summed E-state index contributed by atoms with van der Waals surface area (Å²) in [6.45, 7) is 9.65. The summed E-state index contributed by atoms with van der Waals surface area (Å²) in [5.41, 5.74) is 2.77. The topological polar surface area (TPSA) is 53.5 Å². The molecule has 0 saturated carbocycles. The molecule has 2 aromatic carbocycles. The molecule has 0 aliphatic carbocycles. The first-order valence-electron chi connectivity index (χ1n) is 11.2. The first kappa shape index (κ1) is 22.5. The van der Waals surface area contributed by atoms with Crippen LogP contribution < -0.4 is 4.90 Å². The molecule has 1 aromatic heterocycles. The lowest BCUT2D eigenvalue weighted by Crippen LogP contribution is -2.47. The molecule has 0 atom stereocenters. The van der Waals surface area contributed by atoms with Gasteiger partial charge in [-0.2, -0.15) is 0 Å². The van der Waals surface area contributed by atoms with Crippen molar-refractivity contribution in [2.45, 2.75) is 47.1 Å². The second kappa shape index (κ2) is 9.02. The lowest BCUT2D eigenvalue weighted by molar-refractivity contribution is -0.142. The molecule has 0 unspecified atom stereocenters. The number of para-hydroxylation sites is 1. The average molecular weight is 450 g/mol. The Morgan fingerprint density at radius 1 is 1.06 bits per heavy atom. The third-order valence-electron chi connectivity index (χ3n) is 6.06. The number of hydrogen-bond acceptors (Lipinski definition) is 4. The molecule has 1 aliphatic heterocycles. The zero-order valence-electron chi connectivity index (χ0n) is 19.3. The average Bonchev–Trinajstić information content (AvgIpc) is 3.22. The maximum atomic E-state index is 13.7. The number of aromatic nitrogens is 1. The highest BCUT2D eigenvalue weighted by molar-refractivity contribution is 7.22. The normalized spacial score (nSPS) is 15.2. The van der Waals surface area contributed by atoms with Crippen molar-refractivity contribution >= 4 is 38.5 Å². The molecular weight excluding hydrogens is 418 g/mol. The van der Waals surface area contributed by atoms with E-state index in [0.717, 1.165) is 26.5 Å². The van der Waals surface area contributed by atoms with Crippen LogP contribution in [0.5, 0.6) is 0 Å². The van der Waals surface area contributed by atoms with Gasteiger partial charge in [-0.25, -0.2) is 4.98 Å². The van der Waals surface area contributed by atoms with E-state index in [1.54, 1.807) is 11.3 Å². The molecule has 1 fully saturated rings. The minimum Gasteiger partial charge on any atom is -0.342 e. The first-order chi connectivity index (χ1) is 15.2. The Balaban J connectivity index is 1.58. The van der Waals surface area contributed by atoms with Gasteiger partial charge in [-0.05, 0) is 37.0 Å². The number of piperidine rings is 1. The molecule has 168 valence electrons. The van der Waals surface area contributed by atoms with Gasteiger partial charge in [-0.1, -0.05) is 74.6 Å². The van der Waals surface area contributed by atoms with Crippen molar-refractivity contribution < 1.29 is 9.59 Å². The molecular formula is C26H31N3O2S. The fraction of sp³-hybridized carbons (Fsp3) is 0.423. The van der Waals surface area contributed by atoms with Gasteiger partial charge in [0.05, 0.1) is 16.8 Å². The first-order valence-corrected chi connectivity index (χ1v) is 12.1. The number of likely N-dealkylation sites (tertiary alicyclic amines) is 1. The SMILES string of the molecule is Cc1cccc2sc(N(Cc3ccccc3)C(=O)C3CCN(C(=O)C(C)(C)C)CC3)nc12. The van der Waals surface area contributed by atoms with Gasteiger partial charge >= 0.3 is 0 Å². The Morgan fingerprint density at radius 3 is 2.38 bits per heavy atom. The number of rotatable bonds is 4. The summed E-state index contributed by atoms with van der Waals surface area (Å²) < 4.78 is 1.09. The van der Waals surface area contributed by atoms with Crippen molar-refractivity contribution in [3.8, 4) is 0 Å². The Morgan fingerprint density at radius 2 is 1.75 bits per heavy atom. The van der Waals surface area contributed by atoms with E-state index in [4.69, 9.17) is 4.98 Å². The Hall–Kier alpha value is -2.73. The smallest absolute Gasteiger partial charge is 0.232 e. The summed E-state index contributed by atoms with van der Waals surface area (Å²) in [7, 11) is 0. The molecule has 1 aliphatic rings. The minimum absolute atomic E-state index is 0.101. The van der Waals surface area contributed by atoms with Crippen LogP contribution >= 0.6 is 11.3 Å². The van der Waals surface area contributed by atoms with E-state index in [1.165, 1.54) is 0 Å². The van der Waals surface area contributed by atoms with E-state index in [-0.39, 0.29) is 17.7 Å². The van der Waals surface area contributed by atoms with Crippen molar-refractivity contribution in [2.75, 3.05) is 18.0 Å². The molecule has 2 amide bonds. The number of fused-ring (bicyclic) bond motifs is 1. The van der Waals surface area contributed by atoms with Crippen LogP contribution in [0.3, 0.4) is 0 Å². The number of nitrogens with zero attached hydrogens (tertiary/aromatic N) is 3. The predicted octanol–water partition coefficient (Wildman–Crippen LogP) is 5.42. The van der Waals surface area contributed by atoms with Gasteiger partial charge in [-0.15, -0.1) is 0 Å². The van der Waals surface area contributed by atoms with Gasteiger partial charge in [0.25, 0.3) is 0 Å². The second-order valence-corrected chi connectivity index (χ2v) is 10.7. The number of carbonyl (C=O) groups excluding carboxylic acids is 2. The van der Waals surface area contributed by atoms with E-state index < -0.39 is 5.41 Å². The molecule has 3 aromatic rings. The number of hydrogen-bond donors (Lipinski definition) is 0. The maximum absolute atomic E-state index is 13.7. The van der Waals surface area contributed by atoms with E-state index in [9.17, 15) is 9.59 Å². The van der Waals surface area contributed by atoms with Gasteiger partial charge < -0.3 is 4.90 Å². The van der Waals surface area contributed by atoms with E-state index in [1.807, 2.05) is 67.0 Å². The fourth-order valence-corrected chi connectivity index (χ4v) is 5.27. The number of thiazole rings is 1. The minimum atomic E-state index is -0.394. The Kier molecular flexibility index (Phi) is 6.33. The lowest BCUT2D eigenvalue weighted by atomic mass is 9.90. The summed E-state index contributed by atoms with van der Waals surface area (Å²) in [4.78, 5) is 35.0. The molecule has 32 heavy (non-hydrogen) atoms. The summed E-state index contributed by atoms with van der Waals surface area (Å²) >= 11 is 1.57. The molecule has 6 heteroatoms. The van der Waals surface area contributed by atoms with Crippen LogP contribution in [0.25, 0.3) is 10.2 Å². The van der Waals surface area contributed by atoms with Crippen LogP contribution in [0.1, 0.15) is 44.7 Å². The van der Waals surface area contributed by atoms with Crippen LogP contribution in [0.4, 0.5) is 5.13 Å². The van der Waals surface area contributed by atoms with Crippen molar-refractivity contribution in [2.24, 2.45) is 11.3 Å². The van der Waals surface area contributed by atoms with Gasteiger partial charge in [-0.3, -0.25) is 14.5 Å². The summed E-state index contributed by atoms with van der Waals surface area (Å²) in [6.07, 6.45) is 1.38. The maximum Gasteiger partial charge on any atom is 0.232 e. The molecule has 0 spiro atoms. The Labute approximate surface area is 194 Å². The number of aryl methyl sites for hydroxylation is 1. The van der Waals surface area contributed by atoms with E-state index in [2.05, 4.69) is 19.1 Å². The van der Waals surface area contributed by atoms with Crippen molar-refractivity contribution in [3.63, 3.8) is 0 Å². The zero-order chi connectivity index (χ0) is 22.9. The van der Waals surface area contributed by atoms with Crippen molar-refractivity contribution in [3.05, 3.63) is 59.7 Å². The van der Waals surface area contributed by atoms with Crippen LogP contribution in [0, 0.1) is 18.3 Å². The number of benzene rings is 2. The van der Waals surface area contributed by atoms with Crippen LogP contribution in [0.2, 0.25) is 0 Å². The zero-order valence-corrected chi connectivity index (χ0v) is 20.1.